The molecule has 2 heterocycles. The summed E-state index contributed by atoms with van der Waals surface area (Å²) >= 11 is 1.76. The summed E-state index contributed by atoms with van der Waals surface area (Å²) in [5.41, 5.74) is 6.28. The summed E-state index contributed by atoms with van der Waals surface area (Å²) < 4.78 is 0. The lowest BCUT2D eigenvalue weighted by Gasteiger charge is -2.31. The highest BCUT2D eigenvalue weighted by molar-refractivity contribution is 7.99. The van der Waals surface area contributed by atoms with Gasteiger partial charge in [0.15, 0.2) is 0 Å². The van der Waals surface area contributed by atoms with Gasteiger partial charge < -0.3 is 10.2 Å². The molecule has 2 N–H and O–H groups in total. The third kappa shape index (κ3) is 4.08. The molecule has 152 valence electrons. The van der Waals surface area contributed by atoms with E-state index in [-0.39, 0.29) is 0 Å². The van der Waals surface area contributed by atoms with Crippen molar-refractivity contribution in [2.24, 2.45) is 5.10 Å². The van der Waals surface area contributed by atoms with Gasteiger partial charge in [0, 0.05) is 33.3 Å². The number of urea groups is 1. The maximum atomic E-state index is 12.2. The van der Waals surface area contributed by atoms with Gasteiger partial charge in [-0.15, -0.1) is 0 Å². The number of hydrogen-bond acceptors (Lipinski definition) is 5. The second-order valence-electron chi connectivity index (χ2n) is 6.94. The quantitative estimate of drug-likeness (QED) is 0.328. The SMILES string of the molecule is O=C(N/N=C/CN1c2ccccc2Sc2ccccc21)Nc1ccc2cccnc2c1. The molecule has 1 aliphatic rings. The van der Waals surface area contributed by atoms with Crippen molar-refractivity contribution in [1.29, 1.82) is 0 Å². The second kappa shape index (κ2) is 8.49. The molecule has 0 fully saturated rings. The molecule has 0 unspecified atom stereocenters. The predicted molar refractivity (Wildman–Crippen MR) is 126 cm³/mol. The Morgan fingerprint density at radius 2 is 1.71 bits per heavy atom. The number of hydrazone groups is 1. The first-order chi connectivity index (χ1) is 15.3. The van der Waals surface area contributed by atoms with E-state index in [1.54, 1.807) is 24.2 Å². The Kier molecular flexibility index (Phi) is 5.24. The fourth-order valence-electron chi connectivity index (χ4n) is 3.51. The Balaban J connectivity index is 1.25. The minimum Gasteiger partial charge on any atom is -0.334 e. The van der Waals surface area contributed by atoms with Gasteiger partial charge in [-0.1, -0.05) is 48.2 Å². The Morgan fingerprint density at radius 3 is 2.48 bits per heavy atom. The van der Waals surface area contributed by atoms with E-state index < -0.39 is 6.03 Å². The van der Waals surface area contributed by atoms with Crippen molar-refractivity contribution in [3.63, 3.8) is 0 Å². The fourth-order valence-corrected chi connectivity index (χ4v) is 4.60. The zero-order valence-electron chi connectivity index (χ0n) is 16.5. The van der Waals surface area contributed by atoms with Crippen LogP contribution in [0.1, 0.15) is 0 Å². The molecule has 7 heteroatoms. The first-order valence-corrected chi connectivity index (χ1v) is 10.7. The summed E-state index contributed by atoms with van der Waals surface area (Å²) in [5, 5.41) is 7.92. The van der Waals surface area contributed by atoms with Gasteiger partial charge >= 0.3 is 6.03 Å². The number of nitrogens with zero attached hydrogens (tertiary/aromatic N) is 3. The molecule has 0 radical (unpaired) electrons. The standard InChI is InChI=1S/C24H19N5OS/c30-24(27-18-12-11-17-6-5-13-25-19(17)16-18)28-26-14-15-29-20-7-1-3-9-22(20)31-23-10-4-2-8-21(23)29/h1-14,16H,15H2,(H2,27,28,30)/b26-14+. The number of carbonyl (C=O) groups excluding carboxylic acids is 1. The highest BCUT2D eigenvalue weighted by Gasteiger charge is 2.21. The van der Waals surface area contributed by atoms with Crippen molar-refractivity contribution in [3.8, 4) is 0 Å². The van der Waals surface area contributed by atoms with E-state index in [1.165, 1.54) is 9.79 Å². The van der Waals surface area contributed by atoms with Crippen molar-refractivity contribution in [1.82, 2.24) is 10.4 Å². The van der Waals surface area contributed by atoms with Crippen LogP contribution in [0.15, 0.2) is 100.0 Å². The van der Waals surface area contributed by atoms with Crippen molar-refractivity contribution in [2.45, 2.75) is 9.79 Å². The smallest absolute Gasteiger partial charge is 0.334 e. The normalized spacial score (nSPS) is 12.5. The van der Waals surface area contributed by atoms with Crippen LogP contribution < -0.4 is 15.6 Å². The maximum absolute atomic E-state index is 12.2. The van der Waals surface area contributed by atoms with Gasteiger partial charge in [0.2, 0.25) is 0 Å². The largest absolute Gasteiger partial charge is 0.339 e. The van der Waals surface area contributed by atoms with E-state index >= 15 is 0 Å². The summed E-state index contributed by atoms with van der Waals surface area (Å²) in [4.78, 5) is 21.1. The number of nitrogens with one attached hydrogen (secondary N) is 2. The zero-order chi connectivity index (χ0) is 21.0. The third-order valence-electron chi connectivity index (χ3n) is 4.92. The highest BCUT2D eigenvalue weighted by Crippen LogP contribution is 2.47. The Morgan fingerprint density at radius 1 is 0.968 bits per heavy atom. The molecule has 0 saturated carbocycles. The molecule has 31 heavy (non-hydrogen) atoms. The van der Waals surface area contributed by atoms with Crippen LogP contribution in [0, 0.1) is 0 Å². The van der Waals surface area contributed by atoms with E-state index in [0.717, 1.165) is 22.3 Å². The van der Waals surface area contributed by atoms with Crippen LogP contribution in [-0.2, 0) is 0 Å². The highest BCUT2D eigenvalue weighted by atomic mass is 32.2. The van der Waals surface area contributed by atoms with Crippen molar-refractivity contribution < 1.29 is 4.79 Å². The number of anilines is 3. The summed E-state index contributed by atoms with van der Waals surface area (Å²) in [6.07, 6.45) is 3.43. The lowest BCUT2D eigenvalue weighted by atomic mass is 10.2. The van der Waals surface area contributed by atoms with Gasteiger partial charge in [0.25, 0.3) is 0 Å². The molecular formula is C24H19N5OS. The van der Waals surface area contributed by atoms with Gasteiger partial charge in [-0.3, -0.25) is 4.98 Å². The van der Waals surface area contributed by atoms with Crippen LogP contribution in [0.2, 0.25) is 0 Å². The summed E-state index contributed by atoms with van der Waals surface area (Å²) in [5.74, 6) is 0. The van der Waals surface area contributed by atoms with Crippen LogP contribution in [0.5, 0.6) is 0 Å². The van der Waals surface area contributed by atoms with Crippen LogP contribution in [0.25, 0.3) is 10.9 Å². The Hall–Kier alpha value is -3.84. The molecule has 0 atom stereocenters. The number of hydrogen-bond donors (Lipinski definition) is 2. The molecular weight excluding hydrogens is 406 g/mol. The van der Waals surface area contributed by atoms with Crippen molar-refractivity contribution in [2.75, 3.05) is 16.8 Å². The molecule has 6 nitrogen and oxygen atoms in total. The number of benzene rings is 3. The van der Waals surface area contributed by atoms with E-state index in [0.29, 0.717) is 12.2 Å². The molecule has 0 saturated heterocycles. The van der Waals surface area contributed by atoms with Crippen LogP contribution in [-0.4, -0.2) is 23.8 Å². The average molecular weight is 426 g/mol. The van der Waals surface area contributed by atoms with Crippen molar-refractivity contribution >= 4 is 52.0 Å². The number of aromatic nitrogens is 1. The minimum absolute atomic E-state index is 0.401. The van der Waals surface area contributed by atoms with E-state index in [4.69, 9.17) is 0 Å². The summed E-state index contributed by atoms with van der Waals surface area (Å²) in [6.45, 7) is 0.536. The molecule has 1 aromatic heterocycles. The molecule has 1 aliphatic heterocycles. The Bertz CT molecular complexity index is 1240. The van der Waals surface area contributed by atoms with Crippen LogP contribution >= 0.6 is 11.8 Å². The van der Waals surface area contributed by atoms with Gasteiger partial charge in [-0.25, -0.2) is 10.2 Å². The molecule has 0 bridgehead atoms. The van der Waals surface area contributed by atoms with E-state index in [1.807, 2.05) is 54.6 Å². The molecule has 2 amide bonds. The molecule has 0 spiro atoms. The summed E-state index contributed by atoms with van der Waals surface area (Å²) in [6, 6.07) is 25.6. The van der Waals surface area contributed by atoms with Gasteiger partial charge in [0.1, 0.15) is 0 Å². The van der Waals surface area contributed by atoms with Gasteiger partial charge in [-0.2, -0.15) is 5.10 Å². The minimum atomic E-state index is -0.401. The van der Waals surface area contributed by atoms with Crippen LogP contribution in [0.4, 0.5) is 21.9 Å². The van der Waals surface area contributed by atoms with Crippen molar-refractivity contribution in [3.05, 3.63) is 85.1 Å². The number of carbonyl (C=O) groups is 1. The predicted octanol–water partition coefficient (Wildman–Crippen LogP) is 5.65. The lowest BCUT2D eigenvalue weighted by molar-refractivity contribution is 0.252. The summed E-state index contributed by atoms with van der Waals surface area (Å²) in [7, 11) is 0. The Labute approximate surface area is 184 Å². The van der Waals surface area contributed by atoms with Gasteiger partial charge in [0.05, 0.1) is 23.4 Å². The first kappa shape index (κ1) is 19.1. The number of amides is 2. The molecule has 0 aliphatic carbocycles. The third-order valence-corrected chi connectivity index (χ3v) is 6.05. The average Bonchev–Trinajstić information content (AvgIpc) is 2.81. The lowest BCUT2D eigenvalue weighted by Crippen LogP contribution is -2.26. The second-order valence-corrected chi connectivity index (χ2v) is 8.02. The van der Waals surface area contributed by atoms with Gasteiger partial charge in [-0.05, 0) is 42.5 Å². The number of fused-ring (bicyclic) bond motifs is 3. The first-order valence-electron chi connectivity index (χ1n) is 9.85. The fraction of sp³-hybridized carbons (Fsp3) is 0.0417. The molecule has 4 aromatic rings. The maximum Gasteiger partial charge on any atom is 0.339 e. The number of pyridine rings is 1. The molecule has 5 rings (SSSR count). The number of para-hydroxylation sites is 2. The number of rotatable bonds is 4. The van der Waals surface area contributed by atoms with Crippen LogP contribution in [0.3, 0.4) is 0 Å². The van der Waals surface area contributed by atoms with E-state index in [9.17, 15) is 4.79 Å². The van der Waals surface area contributed by atoms with E-state index in [2.05, 4.69) is 50.0 Å². The topological polar surface area (TPSA) is 69.6 Å². The zero-order valence-corrected chi connectivity index (χ0v) is 17.3. The monoisotopic (exact) mass is 425 g/mol. The molecule has 3 aromatic carbocycles.